The minimum atomic E-state index is -0.0359. The van der Waals surface area contributed by atoms with Gasteiger partial charge in [0.2, 0.25) is 0 Å². The topological polar surface area (TPSA) is 74.4 Å². The molecular weight excluding hydrogens is 184 g/mol. The zero-order chi connectivity index (χ0) is 10.1. The summed E-state index contributed by atoms with van der Waals surface area (Å²) in [5.74, 6) is 0. The van der Waals surface area contributed by atoms with Crippen molar-refractivity contribution in [3.63, 3.8) is 0 Å². The standard InChI is InChI=1S/C4H10N2O.C4H8N2O/c1-2-6-7-4-3-5-1;7-4-5-2-1-3-6-4/h5-6H,1-4H2;1-3H2,(H2,5,6,7). The number of amides is 2. The molecule has 2 saturated heterocycles. The van der Waals surface area contributed by atoms with Crippen molar-refractivity contribution in [1.82, 2.24) is 21.4 Å². The van der Waals surface area contributed by atoms with Gasteiger partial charge < -0.3 is 20.8 Å². The zero-order valence-electron chi connectivity index (χ0n) is 8.27. The molecule has 0 bridgehead atoms. The van der Waals surface area contributed by atoms with Crippen molar-refractivity contribution < 1.29 is 9.63 Å². The normalized spacial score (nSPS) is 22.1. The zero-order valence-corrected chi connectivity index (χ0v) is 8.27. The monoisotopic (exact) mass is 202 g/mol. The van der Waals surface area contributed by atoms with Gasteiger partial charge in [0.05, 0.1) is 6.61 Å². The first-order valence-electron chi connectivity index (χ1n) is 4.96. The first-order chi connectivity index (χ1) is 6.89. The molecule has 2 rings (SSSR count). The molecule has 2 fully saturated rings. The second-order valence-electron chi connectivity index (χ2n) is 3.03. The predicted octanol–water partition coefficient (Wildman–Crippen LogP) is -1.20. The molecule has 82 valence electrons. The van der Waals surface area contributed by atoms with Crippen molar-refractivity contribution in [2.75, 3.05) is 39.3 Å². The van der Waals surface area contributed by atoms with E-state index in [2.05, 4.69) is 21.4 Å². The summed E-state index contributed by atoms with van der Waals surface area (Å²) in [6, 6.07) is -0.0359. The van der Waals surface area contributed by atoms with E-state index in [4.69, 9.17) is 4.84 Å². The third-order valence-corrected chi connectivity index (χ3v) is 1.81. The van der Waals surface area contributed by atoms with E-state index < -0.39 is 0 Å². The van der Waals surface area contributed by atoms with Crippen LogP contribution in [-0.4, -0.2) is 45.4 Å². The van der Waals surface area contributed by atoms with Crippen LogP contribution in [-0.2, 0) is 4.84 Å². The van der Waals surface area contributed by atoms with Gasteiger partial charge in [-0.2, -0.15) is 0 Å². The van der Waals surface area contributed by atoms with Crippen LogP contribution in [0.5, 0.6) is 0 Å². The summed E-state index contributed by atoms with van der Waals surface area (Å²) >= 11 is 0. The van der Waals surface area contributed by atoms with Crippen LogP contribution in [0.2, 0.25) is 0 Å². The second kappa shape index (κ2) is 7.54. The van der Waals surface area contributed by atoms with Crippen molar-refractivity contribution in [2.24, 2.45) is 0 Å². The van der Waals surface area contributed by atoms with E-state index in [1.165, 1.54) is 0 Å². The van der Waals surface area contributed by atoms with Crippen molar-refractivity contribution in [3.8, 4) is 0 Å². The highest BCUT2D eigenvalue weighted by Crippen LogP contribution is 1.79. The molecule has 0 aromatic rings. The van der Waals surface area contributed by atoms with E-state index in [9.17, 15) is 4.79 Å². The third kappa shape index (κ3) is 5.74. The number of carbonyl (C=O) groups excluding carboxylic acids is 1. The van der Waals surface area contributed by atoms with Gasteiger partial charge in [-0.3, -0.25) is 0 Å². The molecular formula is C8H18N4O2. The molecule has 2 aliphatic rings. The molecule has 2 amide bonds. The number of carbonyl (C=O) groups is 1. The molecule has 0 saturated carbocycles. The Morgan fingerprint density at radius 2 is 1.79 bits per heavy atom. The number of hydrogen-bond acceptors (Lipinski definition) is 4. The average molecular weight is 202 g/mol. The van der Waals surface area contributed by atoms with E-state index in [1.807, 2.05) is 0 Å². The smallest absolute Gasteiger partial charge is 0.314 e. The fraction of sp³-hybridized carbons (Fsp3) is 0.875. The van der Waals surface area contributed by atoms with Crippen molar-refractivity contribution in [1.29, 1.82) is 0 Å². The SMILES string of the molecule is C1CNOCCN1.O=C1NCCCN1. The molecule has 6 nitrogen and oxygen atoms in total. The summed E-state index contributed by atoms with van der Waals surface area (Å²) < 4.78 is 0. The van der Waals surface area contributed by atoms with Gasteiger partial charge in [0.15, 0.2) is 0 Å². The number of nitrogens with one attached hydrogen (secondary N) is 4. The van der Waals surface area contributed by atoms with E-state index in [1.54, 1.807) is 0 Å². The Labute approximate surface area is 83.7 Å². The maximum atomic E-state index is 10.2. The summed E-state index contributed by atoms with van der Waals surface area (Å²) in [4.78, 5) is 15.1. The lowest BCUT2D eigenvalue weighted by Gasteiger charge is -2.11. The minimum Gasteiger partial charge on any atom is -0.338 e. The number of hydroxylamine groups is 1. The molecule has 6 heteroatoms. The van der Waals surface area contributed by atoms with Crippen LogP contribution in [0.4, 0.5) is 4.79 Å². The Bertz CT molecular complexity index is 138. The molecule has 0 unspecified atom stereocenters. The molecule has 2 heterocycles. The Hall–Kier alpha value is -0.850. The van der Waals surface area contributed by atoms with Gasteiger partial charge >= 0.3 is 6.03 Å². The van der Waals surface area contributed by atoms with Crippen LogP contribution in [0.25, 0.3) is 0 Å². The molecule has 14 heavy (non-hydrogen) atoms. The molecule has 0 aromatic carbocycles. The predicted molar refractivity (Wildman–Crippen MR) is 52.8 cm³/mol. The first-order valence-corrected chi connectivity index (χ1v) is 4.96. The first kappa shape index (κ1) is 11.2. The lowest BCUT2D eigenvalue weighted by molar-refractivity contribution is 0.0584. The van der Waals surface area contributed by atoms with Crippen molar-refractivity contribution >= 4 is 6.03 Å². The summed E-state index contributed by atoms with van der Waals surface area (Å²) in [6.45, 7) is 5.32. The lowest BCUT2D eigenvalue weighted by Crippen LogP contribution is -2.42. The minimum absolute atomic E-state index is 0.0359. The highest BCUT2D eigenvalue weighted by atomic mass is 16.6. The highest BCUT2D eigenvalue weighted by Gasteiger charge is 2.02. The quantitative estimate of drug-likeness (QED) is 0.398. The molecule has 0 aliphatic carbocycles. The van der Waals surface area contributed by atoms with Gasteiger partial charge in [-0.15, -0.1) is 0 Å². The van der Waals surface area contributed by atoms with E-state index in [0.29, 0.717) is 0 Å². The van der Waals surface area contributed by atoms with Gasteiger partial charge in [-0.25, -0.2) is 10.3 Å². The average Bonchev–Trinajstić information content (AvgIpc) is 2.51. The Kier molecular flexibility index (Phi) is 6.05. The number of urea groups is 1. The Balaban J connectivity index is 0.000000140. The lowest BCUT2D eigenvalue weighted by atomic mass is 10.4. The van der Waals surface area contributed by atoms with Gasteiger partial charge in [-0.05, 0) is 6.42 Å². The maximum Gasteiger partial charge on any atom is 0.314 e. The van der Waals surface area contributed by atoms with Crippen LogP contribution in [0.1, 0.15) is 6.42 Å². The Morgan fingerprint density at radius 1 is 1.00 bits per heavy atom. The fourth-order valence-corrected chi connectivity index (χ4v) is 1.09. The van der Waals surface area contributed by atoms with E-state index >= 15 is 0 Å². The molecule has 2 aliphatic heterocycles. The molecule has 0 radical (unpaired) electrons. The fourth-order valence-electron chi connectivity index (χ4n) is 1.09. The third-order valence-electron chi connectivity index (χ3n) is 1.81. The molecule has 0 aromatic heterocycles. The van der Waals surface area contributed by atoms with Crippen LogP contribution >= 0.6 is 0 Å². The highest BCUT2D eigenvalue weighted by molar-refractivity contribution is 5.74. The summed E-state index contributed by atoms with van der Waals surface area (Å²) in [5, 5.41) is 8.42. The van der Waals surface area contributed by atoms with Crippen LogP contribution in [0.3, 0.4) is 0 Å². The molecule has 0 spiro atoms. The molecule has 4 N–H and O–H groups in total. The van der Waals surface area contributed by atoms with E-state index in [0.717, 1.165) is 45.8 Å². The molecule has 0 atom stereocenters. The van der Waals surface area contributed by atoms with Crippen molar-refractivity contribution in [2.45, 2.75) is 6.42 Å². The summed E-state index contributed by atoms with van der Waals surface area (Å²) in [5.41, 5.74) is 2.78. The van der Waals surface area contributed by atoms with Crippen LogP contribution in [0.15, 0.2) is 0 Å². The number of hydrogen-bond donors (Lipinski definition) is 4. The largest absolute Gasteiger partial charge is 0.338 e. The van der Waals surface area contributed by atoms with E-state index in [-0.39, 0.29) is 6.03 Å². The Morgan fingerprint density at radius 3 is 2.43 bits per heavy atom. The van der Waals surface area contributed by atoms with Gasteiger partial charge in [-0.1, -0.05) is 0 Å². The second-order valence-corrected chi connectivity index (χ2v) is 3.03. The maximum absolute atomic E-state index is 10.2. The summed E-state index contributed by atoms with van der Waals surface area (Å²) in [7, 11) is 0. The van der Waals surface area contributed by atoms with Crippen LogP contribution < -0.4 is 21.4 Å². The number of rotatable bonds is 0. The van der Waals surface area contributed by atoms with Gasteiger partial charge in [0.25, 0.3) is 0 Å². The van der Waals surface area contributed by atoms with Gasteiger partial charge in [0, 0.05) is 32.7 Å². The van der Waals surface area contributed by atoms with Gasteiger partial charge in [0.1, 0.15) is 0 Å². The van der Waals surface area contributed by atoms with Crippen LogP contribution in [0, 0.1) is 0 Å². The summed E-state index contributed by atoms with van der Waals surface area (Å²) in [6.07, 6.45) is 1.05. The van der Waals surface area contributed by atoms with Crippen molar-refractivity contribution in [3.05, 3.63) is 0 Å².